The predicted octanol–water partition coefficient (Wildman–Crippen LogP) is 4.16. The maximum absolute atomic E-state index is 3.72. The van der Waals surface area contributed by atoms with Crippen molar-refractivity contribution in [1.29, 1.82) is 0 Å². The molecule has 0 amide bonds. The molecule has 0 aliphatic rings. The number of nitrogens with one attached hydrogen (secondary N) is 1. The van der Waals surface area contributed by atoms with Gasteiger partial charge in [0.15, 0.2) is 0 Å². The third-order valence-electron chi connectivity index (χ3n) is 3.93. The third kappa shape index (κ3) is 5.64. The summed E-state index contributed by atoms with van der Waals surface area (Å²) in [7, 11) is 0. The first-order valence-corrected chi connectivity index (χ1v) is 8.24. The number of aryl methyl sites for hydroxylation is 1. The Kier molecular flexibility index (Phi) is 8.56. The average molecular weight is 276 g/mol. The van der Waals surface area contributed by atoms with E-state index in [-0.39, 0.29) is 0 Å². The Balaban J connectivity index is 2.67. The van der Waals surface area contributed by atoms with E-state index in [0.29, 0.717) is 6.04 Å². The molecule has 2 nitrogen and oxygen atoms in total. The van der Waals surface area contributed by atoms with Crippen LogP contribution in [0.2, 0.25) is 0 Å². The zero-order chi connectivity index (χ0) is 14.8. The highest BCUT2D eigenvalue weighted by Gasteiger charge is 2.14. The van der Waals surface area contributed by atoms with Crippen LogP contribution in [0.3, 0.4) is 0 Å². The van der Waals surface area contributed by atoms with E-state index < -0.39 is 0 Å². The van der Waals surface area contributed by atoms with Gasteiger partial charge in [-0.2, -0.15) is 0 Å². The molecule has 0 spiro atoms. The number of rotatable bonds is 10. The zero-order valence-electron chi connectivity index (χ0n) is 13.8. The summed E-state index contributed by atoms with van der Waals surface area (Å²) in [5.74, 6) is 0. The molecular weight excluding hydrogens is 244 g/mol. The van der Waals surface area contributed by atoms with Crippen LogP contribution in [-0.4, -0.2) is 31.1 Å². The van der Waals surface area contributed by atoms with E-state index in [0.717, 1.165) is 13.1 Å². The molecule has 1 aromatic carbocycles. The molecule has 0 heterocycles. The minimum Gasteiger partial charge on any atom is -0.310 e. The quantitative estimate of drug-likeness (QED) is 0.690. The van der Waals surface area contributed by atoms with Crippen LogP contribution in [0.5, 0.6) is 0 Å². The first-order chi connectivity index (χ1) is 9.72. The van der Waals surface area contributed by atoms with Crippen molar-refractivity contribution < 1.29 is 0 Å². The van der Waals surface area contributed by atoms with Gasteiger partial charge < -0.3 is 10.2 Å². The van der Waals surface area contributed by atoms with Crippen LogP contribution in [0, 0.1) is 6.92 Å². The molecule has 0 aliphatic heterocycles. The molecule has 20 heavy (non-hydrogen) atoms. The van der Waals surface area contributed by atoms with Gasteiger partial charge in [-0.15, -0.1) is 0 Å². The smallest absolute Gasteiger partial charge is 0.0335 e. The highest BCUT2D eigenvalue weighted by Crippen LogP contribution is 2.21. The van der Waals surface area contributed by atoms with Crippen LogP contribution in [0.4, 0.5) is 0 Å². The molecule has 0 fully saturated rings. The predicted molar refractivity (Wildman–Crippen MR) is 89.2 cm³/mol. The van der Waals surface area contributed by atoms with E-state index in [9.17, 15) is 0 Å². The molecule has 0 aromatic heterocycles. The van der Waals surface area contributed by atoms with Gasteiger partial charge >= 0.3 is 0 Å². The minimum atomic E-state index is 0.488. The topological polar surface area (TPSA) is 15.3 Å². The van der Waals surface area contributed by atoms with Crippen LogP contribution in [-0.2, 0) is 0 Å². The fourth-order valence-corrected chi connectivity index (χ4v) is 2.72. The van der Waals surface area contributed by atoms with Crippen LogP contribution in [0.15, 0.2) is 24.3 Å². The van der Waals surface area contributed by atoms with Gasteiger partial charge in [0, 0.05) is 6.04 Å². The fraction of sp³-hybridized carbons (Fsp3) is 0.667. The van der Waals surface area contributed by atoms with Crippen LogP contribution >= 0.6 is 0 Å². The number of benzene rings is 1. The summed E-state index contributed by atoms with van der Waals surface area (Å²) in [4.78, 5) is 2.55. The Morgan fingerprint density at radius 3 is 2.40 bits per heavy atom. The molecule has 0 saturated heterocycles. The normalized spacial score (nSPS) is 12.8. The first kappa shape index (κ1) is 17.2. The summed E-state index contributed by atoms with van der Waals surface area (Å²) in [5.41, 5.74) is 2.87. The van der Waals surface area contributed by atoms with E-state index in [2.05, 4.69) is 62.2 Å². The van der Waals surface area contributed by atoms with E-state index in [1.54, 1.807) is 0 Å². The second kappa shape index (κ2) is 9.95. The lowest BCUT2D eigenvalue weighted by molar-refractivity contribution is 0.269. The standard InChI is InChI=1S/C18H32N2/c1-5-13-19-18(12-15-20(7-3)14-6-2)17-11-9-8-10-16(17)4/h8-11,18-19H,5-7,12-15H2,1-4H3. The van der Waals surface area contributed by atoms with Gasteiger partial charge in [0.05, 0.1) is 0 Å². The van der Waals surface area contributed by atoms with Gasteiger partial charge in [-0.3, -0.25) is 0 Å². The number of hydrogen-bond donors (Lipinski definition) is 1. The Morgan fingerprint density at radius 1 is 1.05 bits per heavy atom. The molecule has 0 saturated carbocycles. The highest BCUT2D eigenvalue weighted by molar-refractivity contribution is 5.28. The van der Waals surface area contributed by atoms with E-state index in [1.165, 1.54) is 43.5 Å². The second-order valence-electron chi connectivity index (χ2n) is 5.59. The molecule has 0 radical (unpaired) electrons. The van der Waals surface area contributed by atoms with Crippen molar-refractivity contribution >= 4 is 0 Å². The average Bonchev–Trinajstić information content (AvgIpc) is 2.47. The summed E-state index contributed by atoms with van der Waals surface area (Å²) in [6, 6.07) is 9.28. The molecule has 0 bridgehead atoms. The van der Waals surface area contributed by atoms with Gasteiger partial charge in [-0.25, -0.2) is 0 Å². The van der Waals surface area contributed by atoms with Gasteiger partial charge in [-0.05, 0) is 63.5 Å². The molecular formula is C18H32N2. The minimum absolute atomic E-state index is 0.488. The van der Waals surface area contributed by atoms with Crippen molar-refractivity contribution in [2.75, 3.05) is 26.2 Å². The van der Waals surface area contributed by atoms with Crippen LogP contribution in [0.25, 0.3) is 0 Å². The SMILES string of the molecule is CCCNC(CCN(CC)CCC)c1ccccc1C. The van der Waals surface area contributed by atoms with Gasteiger partial charge in [-0.1, -0.05) is 45.0 Å². The Morgan fingerprint density at radius 2 is 1.80 bits per heavy atom. The molecule has 1 atom stereocenters. The number of hydrogen-bond acceptors (Lipinski definition) is 2. The molecule has 0 aliphatic carbocycles. The van der Waals surface area contributed by atoms with Crippen LogP contribution < -0.4 is 5.32 Å². The van der Waals surface area contributed by atoms with Gasteiger partial charge in [0.1, 0.15) is 0 Å². The molecule has 1 aromatic rings. The first-order valence-electron chi connectivity index (χ1n) is 8.24. The fourth-order valence-electron chi connectivity index (χ4n) is 2.72. The van der Waals surface area contributed by atoms with Crippen molar-refractivity contribution in [3.8, 4) is 0 Å². The number of nitrogens with zero attached hydrogens (tertiary/aromatic N) is 1. The van der Waals surface area contributed by atoms with Crippen molar-refractivity contribution in [3.63, 3.8) is 0 Å². The summed E-state index contributed by atoms with van der Waals surface area (Å²) in [5, 5.41) is 3.72. The zero-order valence-corrected chi connectivity index (χ0v) is 13.8. The van der Waals surface area contributed by atoms with Crippen LogP contribution in [0.1, 0.15) is 57.2 Å². The van der Waals surface area contributed by atoms with E-state index in [4.69, 9.17) is 0 Å². The molecule has 1 N–H and O–H groups in total. The summed E-state index contributed by atoms with van der Waals surface area (Å²) < 4.78 is 0. The van der Waals surface area contributed by atoms with E-state index >= 15 is 0 Å². The van der Waals surface area contributed by atoms with Crippen molar-refractivity contribution in [1.82, 2.24) is 10.2 Å². The molecule has 2 heteroatoms. The lowest BCUT2D eigenvalue weighted by Gasteiger charge is -2.25. The Hall–Kier alpha value is -0.860. The highest BCUT2D eigenvalue weighted by atomic mass is 15.1. The lowest BCUT2D eigenvalue weighted by atomic mass is 9.98. The van der Waals surface area contributed by atoms with Crippen molar-refractivity contribution in [2.24, 2.45) is 0 Å². The Labute approximate surface area is 125 Å². The monoisotopic (exact) mass is 276 g/mol. The summed E-state index contributed by atoms with van der Waals surface area (Å²) in [6.07, 6.45) is 3.62. The maximum atomic E-state index is 3.72. The van der Waals surface area contributed by atoms with Crippen molar-refractivity contribution in [3.05, 3.63) is 35.4 Å². The molecule has 1 unspecified atom stereocenters. The largest absolute Gasteiger partial charge is 0.310 e. The molecule has 114 valence electrons. The van der Waals surface area contributed by atoms with E-state index in [1.807, 2.05) is 0 Å². The lowest BCUT2D eigenvalue weighted by Crippen LogP contribution is -2.30. The maximum Gasteiger partial charge on any atom is 0.0335 e. The van der Waals surface area contributed by atoms with Gasteiger partial charge in [0.2, 0.25) is 0 Å². The summed E-state index contributed by atoms with van der Waals surface area (Å²) >= 11 is 0. The summed E-state index contributed by atoms with van der Waals surface area (Å²) in [6.45, 7) is 13.6. The van der Waals surface area contributed by atoms with Crippen molar-refractivity contribution in [2.45, 2.75) is 53.0 Å². The van der Waals surface area contributed by atoms with Gasteiger partial charge in [0.25, 0.3) is 0 Å². The molecule has 1 rings (SSSR count). The second-order valence-corrected chi connectivity index (χ2v) is 5.59. The third-order valence-corrected chi connectivity index (χ3v) is 3.93. The Bertz CT molecular complexity index is 362.